The van der Waals surface area contributed by atoms with Crippen LogP contribution in [0.4, 0.5) is 0 Å². The maximum Gasteiger partial charge on any atom is 0.315 e. The summed E-state index contributed by atoms with van der Waals surface area (Å²) < 4.78 is 10.2. The second kappa shape index (κ2) is 9.63. The van der Waals surface area contributed by atoms with Crippen LogP contribution >= 0.6 is 12.6 Å². The quantitative estimate of drug-likeness (QED) is 0.364. The maximum atomic E-state index is 10.9. The van der Waals surface area contributed by atoms with Gasteiger partial charge in [0, 0.05) is 5.56 Å². The van der Waals surface area contributed by atoms with Crippen molar-refractivity contribution in [3.63, 3.8) is 0 Å². The van der Waals surface area contributed by atoms with Crippen molar-refractivity contribution in [2.24, 2.45) is 0 Å². The van der Waals surface area contributed by atoms with Crippen molar-refractivity contribution in [1.82, 2.24) is 0 Å². The van der Waals surface area contributed by atoms with Crippen LogP contribution in [-0.2, 0) is 9.53 Å². The van der Waals surface area contributed by atoms with E-state index in [1.165, 1.54) is 0 Å². The molecule has 5 nitrogen and oxygen atoms in total. The molecule has 0 spiro atoms. The first-order valence-electron chi connectivity index (χ1n) is 6.46. The van der Waals surface area contributed by atoms with Crippen LogP contribution in [0.25, 0.3) is 0 Å². The molecule has 1 aromatic rings. The molecule has 0 saturated carbocycles. The van der Waals surface area contributed by atoms with Crippen molar-refractivity contribution >= 4 is 18.6 Å². The number of hydrogen-bond donors (Lipinski definition) is 3. The van der Waals surface area contributed by atoms with Gasteiger partial charge in [-0.25, -0.2) is 0 Å². The molecule has 20 heavy (non-hydrogen) atoms. The summed E-state index contributed by atoms with van der Waals surface area (Å²) in [6, 6.07) is 7.13. The average molecular weight is 300 g/mol. The number of para-hydroxylation sites is 1. The summed E-state index contributed by atoms with van der Waals surface area (Å²) in [7, 11) is 0. The van der Waals surface area contributed by atoms with Gasteiger partial charge in [0.25, 0.3) is 0 Å². The number of esters is 1. The lowest BCUT2D eigenvalue weighted by atomic mass is 10.0. The second-order valence-corrected chi connectivity index (χ2v) is 4.46. The zero-order valence-electron chi connectivity index (χ0n) is 11.2. The van der Waals surface area contributed by atoms with E-state index in [-0.39, 0.29) is 31.5 Å². The number of carbonyl (C=O) groups excluding carboxylic acids is 1. The molecule has 0 aliphatic rings. The molecule has 0 aliphatic heterocycles. The van der Waals surface area contributed by atoms with E-state index in [2.05, 4.69) is 12.6 Å². The van der Waals surface area contributed by atoms with Gasteiger partial charge in [0.15, 0.2) is 0 Å². The van der Waals surface area contributed by atoms with Crippen LogP contribution in [0.2, 0.25) is 0 Å². The van der Waals surface area contributed by atoms with Gasteiger partial charge in [-0.15, -0.1) is 0 Å². The smallest absolute Gasteiger partial charge is 0.315 e. The van der Waals surface area contributed by atoms with Gasteiger partial charge in [-0.2, -0.15) is 12.6 Å². The lowest BCUT2D eigenvalue weighted by Gasteiger charge is -2.15. The Kier molecular flexibility index (Phi) is 8.10. The van der Waals surface area contributed by atoms with Crippen molar-refractivity contribution in [3.05, 3.63) is 29.8 Å². The summed E-state index contributed by atoms with van der Waals surface area (Å²) in [6.07, 6.45) is 0.313. The summed E-state index contributed by atoms with van der Waals surface area (Å²) in [5, 5.41) is 18.9. The number of thiol groups is 1. The molecule has 6 heteroatoms. The summed E-state index contributed by atoms with van der Waals surface area (Å²) in [5.74, 6) is 0.247. The molecule has 1 aromatic carbocycles. The monoisotopic (exact) mass is 300 g/mol. The Hall–Kier alpha value is -1.24. The largest absolute Gasteiger partial charge is 0.491 e. The minimum atomic E-state index is -0.695. The van der Waals surface area contributed by atoms with E-state index in [9.17, 15) is 9.90 Å². The highest BCUT2D eigenvalue weighted by atomic mass is 32.1. The molecule has 0 fully saturated rings. The van der Waals surface area contributed by atoms with E-state index in [1.807, 2.05) is 6.07 Å². The Balaban J connectivity index is 2.46. The summed E-state index contributed by atoms with van der Waals surface area (Å²) in [6.45, 7) is 0.365. The SMILES string of the molecule is O=C(CS)OCCC[C@@H](O)c1ccccc1OCCO. The molecule has 0 saturated heterocycles. The fourth-order valence-corrected chi connectivity index (χ4v) is 1.80. The van der Waals surface area contributed by atoms with Crippen LogP contribution < -0.4 is 4.74 Å². The molecule has 1 rings (SSSR count). The van der Waals surface area contributed by atoms with Crippen molar-refractivity contribution in [1.29, 1.82) is 0 Å². The number of aliphatic hydroxyl groups excluding tert-OH is 2. The number of benzene rings is 1. The molecule has 112 valence electrons. The number of hydrogen-bond acceptors (Lipinski definition) is 6. The van der Waals surface area contributed by atoms with E-state index in [1.54, 1.807) is 18.2 Å². The molecule has 0 radical (unpaired) electrons. The van der Waals surface area contributed by atoms with Gasteiger partial charge in [-0.1, -0.05) is 18.2 Å². The van der Waals surface area contributed by atoms with Gasteiger partial charge < -0.3 is 19.7 Å². The molecular formula is C14H20O5S. The Bertz CT molecular complexity index is 410. The van der Waals surface area contributed by atoms with E-state index in [0.29, 0.717) is 24.2 Å². The van der Waals surface area contributed by atoms with E-state index >= 15 is 0 Å². The number of aliphatic hydroxyl groups is 2. The van der Waals surface area contributed by atoms with Gasteiger partial charge >= 0.3 is 5.97 Å². The van der Waals surface area contributed by atoms with Crippen molar-refractivity contribution < 1.29 is 24.5 Å². The molecule has 1 atom stereocenters. The normalized spacial score (nSPS) is 11.9. The molecule has 0 bridgehead atoms. The molecule has 0 aromatic heterocycles. The van der Waals surface area contributed by atoms with E-state index in [0.717, 1.165) is 0 Å². The van der Waals surface area contributed by atoms with Crippen LogP contribution in [0, 0.1) is 0 Å². The van der Waals surface area contributed by atoms with Crippen LogP contribution in [0.5, 0.6) is 5.75 Å². The second-order valence-electron chi connectivity index (χ2n) is 4.15. The maximum absolute atomic E-state index is 10.9. The Labute approximate surface area is 123 Å². The Morgan fingerprint density at radius 1 is 1.30 bits per heavy atom. The molecule has 0 unspecified atom stereocenters. The average Bonchev–Trinajstić information content (AvgIpc) is 2.49. The lowest BCUT2D eigenvalue weighted by Crippen LogP contribution is -2.09. The summed E-state index contributed by atoms with van der Waals surface area (Å²) >= 11 is 3.80. The van der Waals surface area contributed by atoms with Crippen molar-refractivity contribution in [2.75, 3.05) is 25.6 Å². The highest BCUT2D eigenvalue weighted by molar-refractivity contribution is 7.81. The first-order chi connectivity index (χ1) is 9.69. The van der Waals surface area contributed by atoms with E-state index in [4.69, 9.17) is 14.6 Å². The fraction of sp³-hybridized carbons (Fsp3) is 0.500. The third-order valence-electron chi connectivity index (χ3n) is 2.64. The van der Waals surface area contributed by atoms with Crippen LogP contribution in [0.1, 0.15) is 24.5 Å². The first-order valence-corrected chi connectivity index (χ1v) is 7.09. The highest BCUT2D eigenvalue weighted by Gasteiger charge is 2.13. The molecular weight excluding hydrogens is 280 g/mol. The lowest BCUT2D eigenvalue weighted by molar-refractivity contribution is -0.140. The molecule has 2 N–H and O–H groups in total. The van der Waals surface area contributed by atoms with Gasteiger partial charge in [0.05, 0.1) is 25.1 Å². The fourth-order valence-electron chi connectivity index (χ4n) is 1.71. The zero-order valence-corrected chi connectivity index (χ0v) is 12.1. The Morgan fingerprint density at radius 3 is 2.75 bits per heavy atom. The van der Waals surface area contributed by atoms with E-state index < -0.39 is 6.10 Å². The minimum Gasteiger partial charge on any atom is -0.491 e. The standard InChI is InChI=1S/C14H20O5S/c15-7-9-18-13-6-2-1-4-11(13)12(16)5-3-8-19-14(17)10-20/h1-2,4,6,12,15-16,20H,3,5,7-10H2/t12-/m1/s1. The van der Waals surface area contributed by atoms with Gasteiger partial charge in [-0.3, -0.25) is 4.79 Å². The molecule has 0 amide bonds. The summed E-state index contributed by atoms with van der Waals surface area (Å²) in [4.78, 5) is 10.9. The van der Waals surface area contributed by atoms with Gasteiger partial charge in [-0.05, 0) is 18.9 Å². The molecule has 0 aliphatic carbocycles. The van der Waals surface area contributed by atoms with Crippen molar-refractivity contribution in [2.45, 2.75) is 18.9 Å². The van der Waals surface area contributed by atoms with Gasteiger partial charge in [0.1, 0.15) is 12.4 Å². The van der Waals surface area contributed by atoms with Crippen LogP contribution in [-0.4, -0.2) is 41.8 Å². The highest BCUT2D eigenvalue weighted by Crippen LogP contribution is 2.27. The summed E-state index contributed by atoms with van der Waals surface area (Å²) in [5.41, 5.74) is 0.668. The predicted molar refractivity (Wildman–Crippen MR) is 78.0 cm³/mol. The third kappa shape index (κ3) is 5.81. The van der Waals surface area contributed by atoms with Crippen LogP contribution in [0.15, 0.2) is 24.3 Å². The number of ether oxygens (including phenoxy) is 2. The van der Waals surface area contributed by atoms with Crippen LogP contribution in [0.3, 0.4) is 0 Å². The first kappa shape index (κ1) is 16.8. The minimum absolute atomic E-state index is 0.0559. The predicted octanol–water partition coefficient (Wildman–Crippen LogP) is 1.34. The zero-order chi connectivity index (χ0) is 14.8. The molecule has 0 heterocycles. The third-order valence-corrected chi connectivity index (χ3v) is 2.90. The number of carbonyl (C=O) groups is 1. The Morgan fingerprint density at radius 2 is 2.05 bits per heavy atom. The van der Waals surface area contributed by atoms with Crippen molar-refractivity contribution in [3.8, 4) is 5.75 Å². The number of rotatable bonds is 9. The van der Waals surface area contributed by atoms with Gasteiger partial charge in [0.2, 0.25) is 0 Å². The topological polar surface area (TPSA) is 76.0 Å².